The van der Waals surface area contributed by atoms with E-state index in [1.165, 1.54) is 5.56 Å². The van der Waals surface area contributed by atoms with Crippen LogP contribution in [-0.2, 0) is 6.54 Å². The Kier molecular flexibility index (Phi) is 6.62. The number of para-hydroxylation sites is 1. The summed E-state index contributed by atoms with van der Waals surface area (Å²) in [7, 11) is 0. The third-order valence-corrected chi connectivity index (χ3v) is 5.80. The summed E-state index contributed by atoms with van der Waals surface area (Å²) in [4.78, 5) is 23.9. The fourth-order valence-corrected chi connectivity index (χ4v) is 3.96. The van der Waals surface area contributed by atoms with Gasteiger partial charge in [-0.15, -0.1) is 0 Å². The first kappa shape index (κ1) is 21.1. The third-order valence-electron chi connectivity index (χ3n) is 5.80. The Labute approximate surface area is 183 Å². The van der Waals surface area contributed by atoms with Crippen LogP contribution in [0.25, 0.3) is 5.69 Å². The molecular formula is C24H30N6O. The number of hydrogen-bond acceptors (Lipinski definition) is 5. The summed E-state index contributed by atoms with van der Waals surface area (Å²) in [6.45, 7) is 10.0. The summed E-state index contributed by atoms with van der Waals surface area (Å²) in [5.74, 6) is 0.984. The summed E-state index contributed by atoms with van der Waals surface area (Å²) in [6, 6.07) is 14.0. The molecule has 7 nitrogen and oxygen atoms in total. The smallest absolute Gasteiger partial charge is 0.255 e. The van der Waals surface area contributed by atoms with Gasteiger partial charge in [-0.25, -0.2) is 9.67 Å². The molecule has 31 heavy (non-hydrogen) atoms. The number of anilines is 1. The molecule has 162 valence electrons. The van der Waals surface area contributed by atoms with Crippen LogP contribution in [0.15, 0.2) is 61.1 Å². The summed E-state index contributed by atoms with van der Waals surface area (Å²) >= 11 is 0. The molecule has 0 radical (unpaired) electrons. The van der Waals surface area contributed by atoms with Crippen molar-refractivity contribution >= 4 is 11.7 Å². The molecule has 1 aliphatic rings. The van der Waals surface area contributed by atoms with Crippen LogP contribution in [0.4, 0.5) is 5.82 Å². The molecule has 0 spiro atoms. The van der Waals surface area contributed by atoms with Crippen molar-refractivity contribution in [1.29, 1.82) is 0 Å². The zero-order valence-electron chi connectivity index (χ0n) is 18.3. The van der Waals surface area contributed by atoms with Crippen LogP contribution in [0.1, 0.15) is 29.8 Å². The molecule has 0 bridgehead atoms. The first-order valence-corrected chi connectivity index (χ1v) is 11.0. The Hall–Kier alpha value is -3.19. The van der Waals surface area contributed by atoms with E-state index in [1.54, 1.807) is 6.20 Å². The lowest BCUT2D eigenvalue weighted by molar-refractivity contribution is 0.0628. The Morgan fingerprint density at radius 2 is 1.71 bits per heavy atom. The first-order chi connectivity index (χ1) is 15.2. The first-order valence-electron chi connectivity index (χ1n) is 11.0. The van der Waals surface area contributed by atoms with E-state index in [0.29, 0.717) is 5.56 Å². The SMILES string of the molecule is CCN(CC)c1ccc(C(=O)N2CCN(Cc3cnn(-c4ccccc4)c3)CC2)cn1. The lowest BCUT2D eigenvalue weighted by Crippen LogP contribution is -2.48. The number of hydrogen-bond donors (Lipinski definition) is 0. The average molecular weight is 419 g/mol. The van der Waals surface area contributed by atoms with Crippen LogP contribution in [0.3, 0.4) is 0 Å². The van der Waals surface area contributed by atoms with Crippen molar-refractivity contribution in [1.82, 2.24) is 24.6 Å². The van der Waals surface area contributed by atoms with Gasteiger partial charge in [0.05, 0.1) is 17.4 Å². The number of rotatable bonds is 7. The van der Waals surface area contributed by atoms with Crippen molar-refractivity contribution < 1.29 is 4.79 Å². The van der Waals surface area contributed by atoms with Crippen molar-refractivity contribution in [3.8, 4) is 5.69 Å². The largest absolute Gasteiger partial charge is 0.357 e. The molecule has 1 fully saturated rings. The summed E-state index contributed by atoms with van der Waals surface area (Å²) in [6.07, 6.45) is 5.71. The van der Waals surface area contributed by atoms with Gasteiger partial charge >= 0.3 is 0 Å². The van der Waals surface area contributed by atoms with E-state index >= 15 is 0 Å². The molecule has 3 heterocycles. The molecule has 1 aromatic carbocycles. The van der Waals surface area contributed by atoms with Crippen molar-refractivity contribution in [2.24, 2.45) is 0 Å². The number of aromatic nitrogens is 3. The van der Waals surface area contributed by atoms with Crippen molar-refractivity contribution in [2.45, 2.75) is 20.4 Å². The molecule has 1 saturated heterocycles. The maximum absolute atomic E-state index is 12.9. The minimum atomic E-state index is 0.0649. The summed E-state index contributed by atoms with van der Waals surface area (Å²) in [5, 5.41) is 4.48. The highest BCUT2D eigenvalue weighted by Crippen LogP contribution is 2.15. The molecule has 1 aliphatic heterocycles. The standard InChI is InChI=1S/C24H30N6O/c1-3-28(4-2)23-11-10-21(17-25-23)24(31)29-14-12-27(13-15-29)18-20-16-26-30(19-20)22-8-6-5-7-9-22/h5-11,16-17,19H,3-4,12-15,18H2,1-2H3. The molecule has 0 N–H and O–H groups in total. The fraction of sp³-hybridized carbons (Fsp3) is 0.375. The molecular weight excluding hydrogens is 388 g/mol. The second-order valence-electron chi connectivity index (χ2n) is 7.77. The van der Waals surface area contributed by atoms with Crippen LogP contribution in [0.2, 0.25) is 0 Å². The number of benzene rings is 1. The van der Waals surface area contributed by atoms with Crippen molar-refractivity contribution in [2.75, 3.05) is 44.2 Å². The maximum atomic E-state index is 12.9. The van der Waals surface area contributed by atoms with Gasteiger partial charge in [0.2, 0.25) is 0 Å². The molecule has 7 heteroatoms. The maximum Gasteiger partial charge on any atom is 0.255 e. The van der Waals surface area contributed by atoms with Crippen molar-refractivity contribution in [3.63, 3.8) is 0 Å². The van der Waals surface area contributed by atoms with E-state index < -0.39 is 0 Å². The van der Waals surface area contributed by atoms with E-state index in [-0.39, 0.29) is 5.91 Å². The zero-order valence-corrected chi connectivity index (χ0v) is 18.3. The molecule has 0 aliphatic carbocycles. The molecule has 1 amide bonds. The van der Waals surface area contributed by atoms with Crippen LogP contribution in [0.5, 0.6) is 0 Å². The fourth-order valence-electron chi connectivity index (χ4n) is 3.96. The predicted molar refractivity (Wildman–Crippen MR) is 123 cm³/mol. The van der Waals surface area contributed by atoms with Gasteiger partial charge in [-0.05, 0) is 38.1 Å². The molecule has 4 rings (SSSR count). The molecule has 0 saturated carbocycles. The Morgan fingerprint density at radius 3 is 2.35 bits per heavy atom. The van der Waals surface area contributed by atoms with Crippen LogP contribution < -0.4 is 4.90 Å². The van der Waals surface area contributed by atoms with E-state index in [1.807, 2.05) is 58.2 Å². The molecule has 0 unspecified atom stereocenters. The van der Waals surface area contributed by atoms with Crippen LogP contribution >= 0.6 is 0 Å². The van der Waals surface area contributed by atoms with E-state index in [0.717, 1.165) is 57.3 Å². The van der Waals surface area contributed by atoms with Gasteiger partial charge in [0, 0.05) is 63.8 Å². The number of nitrogens with zero attached hydrogens (tertiary/aromatic N) is 6. The van der Waals surface area contributed by atoms with Gasteiger partial charge in [0.1, 0.15) is 5.82 Å². The number of carbonyl (C=O) groups is 1. The van der Waals surface area contributed by atoms with Crippen LogP contribution in [-0.4, -0.2) is 69.7 Å². The lowest BCUT2D eigenvalue weighted by atomic mass is 10.2. The van der Waals surface area contributed by atoms with E-state index in [2.05, 4.69) is 39.9 Å². The third kappa shape index (κ3) is 4.94. The highest BCUT2D eigenvalue weighted by Gasteiger charge is 2.23. The topological polar surface area (TPSA) is 57.5 Å². The number of pyridine rings is 1. The van der Waals surface area contributed by atoms with Crippen molar-refractivity contribution in [3.05, 3.63) is 72.2 Å². The summed E-state index contributed by atoms with van der Waals surface area (Å²) in [5.41, 5.74) is 2.90. The van der Waals surface area contributed by atoms with Gasteiger partial charge in [-0.3, -0.25) is 9.69 Å². The van der Waals surface area contributed by atoms with Gasteiger partial charge < -0.3 is 9.80 Å². The monoisotopic (exact) mass is 418 g/mol. The molecule has 2 aromatic heterocycles. The highest BCUT2D eigenvalue weighted by molar-refractivity contribution is 5.94. The summed E-state index contributed by atoms with van der Waals surface area (Å²) < 4.78 is 1.91. The minimum Gasteiger partial charge on any atom is -0.357 e. The van der Waals surface area contributed by atoms with Gasteiger partial charge in [0.15, 0.2) is 0 Å². The van der Waals surface area contributed by atoms with Gasteiger partial charge in [-0.2, -0.15) is 5.10 Å². The van der Waals surface area contributed by atoms with E-state index in [4.69, 9.17) is 0 Å². The average Bonchev–Trinajstić information content (AvgIpc) is 3.29. The quantitative estimate of drug-likeness (QED) is 0.590. The van der Waals surface area contributed by atoms with E-state index in [9.17, 15) is 4.79 Å². The van der Waals surface area contributed by atoms with Gasteiger partial charge in [0.25, 0.3) is 5.91 Å². The highest BCUT2D eigenvalue weighted by atomic mass is 16.2. The number of piperazine rings is 1. The molecule has 0 atom stereocenters. The Balaban J connectivity index is 1.30. The van der Waals surface area contributed by atoms with Gasteiger partial charge in [-0.1, -0.05) is 18.2 Å². The zero-order chi connectivity index (χ0) is 21.6. The normalized spacial score (nSPS) is 14.6. The Morgan fingerprint density at radius 1 is 0.968 bits per heavy atom. The molecule has 3 aromatic rings. The second kappa shape index (κ2) is 9.75. The predicted octanol–water partition coefficient (Wildman–Crippen LogP) is 3.07. The lowest BCUT2D eigenvalue weighted by Gasteiger charge is -2.34. The Bertz CT molecular complexity index is 973. The van der Waals surface area contributed by atoms with Crippen LogP contribution in [0, 0.1) is 0 Å². The number of amides is 1. The second-order valence-corrected chi connectivity index (χ2v) is 7.77. The minimum absolute atomic E-state index is 0.0649. The number of carbonyl (C=O) groups excluding carboxylic acids is 1.